The van der Waals surface area contributed by atoms with E-state index in [4.69, 9.17) is 0 Å². The number of hydrogen-bond donors (Lipinski definition) is 1. The third-order valence-corrected chi connectivity index (χ3v) is 5.71. The van der Waals surface area contributed by atoms with E-state index in [0.717, 1.165) is 18.8 Å². The molecule has 1 aliphatic rings. The first kappa shape index (κ1) is 19.9. The van der Waals surface area contributed by atoms with E-state index in [1.54, 1.807) is 6.07 Å². The molecular weight excluding hydrogens is 378 g/mol. The van der Waals surface area contributed by atoms with Crippen LogP contribution in [0.15, 0.2) is 53.3 Å². The number of fused-ring (bicyclic) bond motifs is 1. The predicted octanol–water partition coefficient (Wildman–Crippen LogP) is 2.73. The second kappa shape index (κ2) is 8.57. The Bertz CT molecular complexity index is 1080. The van der Waals surface area contributed by atoms with Crippen LogP contribution in [0.2, 0.25) is 0 Å². The molecule has 1 fully saturated rings. The highest BCUT2D eigenvalue weighted by Crippen LogP contribution is 2.18. The van der Waals surface area contributed by atoms with Crippen molar-refractivity contribution in [3.05, 3.63) is 64.4 Å². The van der Waals surface area contributed by atoms with Crippen molar-refractivity contribution < 1.29 is 4.79 Å². The van der Waals surface area contributed by atoms with Gasteiger partial charge in [-0.15, -0.1) is 0 Å². The number of rotatable bonds is 5. The summed E-state index contributed by atoms with van der Waals surface area (Å²) in [4.78, 5) is 38.9. The number of H-pyrrole nitrogens is 1. The summed E-state index contributed by atoms with van der Waals surface area (Å²) in [5, 5.41) is 0.586. The largest absolute Gasteiger partial charge is 0.372 e. The first-order chi connectivity index (χ1) is 14.6. The second-order valence-corrected chi connectivity index (χ2v) is 7.41. The highest BCUT2D eigenvalue weighted by atomic mass is 16.2. The number of nitrogens with zero attached hydrogens (tertiary/aromatic N) is 4. The maximum Gasteiger partial charge on any atom is 0.260 e. The van der Waals surface area contributed by atoms with E-state index < -0.39 is 0 Å². The SMILES string of the molecule is CCN(CC)c1ccc(C(=O)N2CCN(c3nc4ccccc4c(=O)[nH]3)CC2)cc1. The summed E-state index contributed by atoms with van der Waals surface area (Å²) < 4.78 is 0. The van der Waals surface area contributed by atoms with Crippen LogP contribution in [-0.4, -0.2) is 60.0 Å². The molecule has 1 saturated heterocycles. The smallest absolute Gasteiger partial charge is 0.260 e. The van der Waals surface area contributed by atoms with Gasteiger partial charge in [0.15, 0.2) is 0 Å². The number of anilines is 2. The summed E-state index contributed by atoms with van der Waals surface area (Å²) in [5.41, 5.74) is 2.38. The Labute approximate surface area is 175 Å². The molecule has 156 valence electrons. The molecule has 0 atom stereocenters. The van der Waals surface area contributed by atoms with Gasteiger partial charge in [-0.1, -0.05) is 12.1 Å². The van der Waals surface area contributed by atoms with Crippen LogP contribution in [0.5, 0.6) is 0 Å². The quantitative estimate of drug-likeness (QED) is 0.707. The lowest BCUT2D eigenvalue weighted by Gasteiger charge is -2.35. The summed E-state index contributed by atoms with van der Waals surface area (Å²) in [7, 11) is 0. The van der Waals surface area contributed by atoms with Gasteiger partial charge in [0.25, 0.3) is 11.5 Å². The van der Waals surface area contributed by atoms with Crippen molar-refractivity contribution in [2.75, 3.05) is 49.1 Å². The molecule has 1 aromatic heterocycles. The Morgan fingerprint density at radius 2 is 1.67 bits per heavy atom. The highest BCUT2D eigenvalue weighted by Gasteiger charge is 2.23. The van der Waals surface area contributed by atoms with Gasteiger partial charge in [-0.2, -0.15) is 0 Å². The fourth-order valence-corrected chi connectivity index (χ4v) is 3.93. The standard InChI is InChI=1S/C23H27N5O2/c1-3-26(4-2)18-11-9-17(10-12-18)22(30)27-13-15-28(16-14-27)23-24-20-8-6-5-7-19(20)21(29)25-23/h5-12H,3-4,13-16H2,1-2H3,(H,24,25,29). The summed E-state index contributed by atoms with van der Waals surface area (Å²) >= 11 is 0. The number of para-hydroxylation sites is 1. The van der Waals surface area contributed by atoms with Gasteiger partial charge < -0.3 is 14.7 Å². The number of amides is 1. The van der Waals surface area contributed by atoms with E-state index >= 15 is 0 Å². The highest BCUT2D eigenvalue weighted by molar-refractivity contribution is 5.94. The van der Waals surface area contributed by atoms with Gasteiger partial charge in [0.2, 0.25) is 5.95 Å². The summed E-state index contributed by atoms with van der Waals surface area (Å²) in [6.45, 7) is 8.57. The minimum atomic E-state index is -0.137. The summed E-state index contributed by atoms with van der Waals surface area (Å²) in [6, 6.07) is 15.2. The monoisotopic (exact) mass is 405 g/mol. The topological polar surface area (TPSA) is 72.5 Å². The lowest BCUT2D eigenvalue weighted by atomic mass is 10.1. The maximum atomic E-state index is 12.9. The van der Waals surface area contributed by atoms with Crippen molar-refractivity contribution in [2.24, 2.45) is 0 Å². The van der Waals surface area contributed by atoms with Crippen LogP contribution < -0.4 is 15.4 Å². The molecule has 0 spiro atoms. The Kier molecular flexibility index (Phi) is 5.70. The van der Waals surface area contributed by atoms with Crippen LogP contribution in [0.3, 0.4) is 0 Å². The molecule has 7 heteroatoms. The van der Waals surface area contributed by atoms with Crippen LogP contribution >= 0.6 is 0 Å². The Hall–Kier alpha value is -3.35. The Morgan fingerprint density at radius 3 is 2.33 bits per heavy atom. The molecule has 30 heavy (non-hydrogen) atoms. The van der Waals surface area contributed by atoms with Gasteiger partial charge in [-0.3, -0.25) is 14.6 Å². The Morgan fingerprint density at radius 1 is 1.00 bits per heavy atom. The first-order valence-electron chi connectivity index (χ1n) is 10.5. The van der Waals surface area contributed by atoms with E-state index in [1.165, 1.54) is 0 Å². The van der Waals surface area contributed by atoms with Gasteiger partial charge in [-0.05, 0) is 50.2 Å². The molecule has 0 aliphatic carbocycles. The number of nitrogens with one attached hydrogen (secondary N) is 1. The summed E-state index contributed by atoms with van der Waals surface area (Å²) in [5.74, 6) is 0.607. The number of carbonyl (C=O) groups is 1. The molecule has 0 saturated carbocycles. The van der Waals surface area contributed by atoms with E-state index in [1.807, 2.05) is 52.3 Å². The Balaban J connectivity index is 1.43. The summed E-state index contributed by atoms with van der Waals surface area (Å²) in [6.07, 6.45) is 0. The van der Waals surface area contributed by atoms with Gasteiger partial charge in [0.05, 0.1) is 10.9 Å². The van der Waals surface area contributed by atoms with Crippen LogP contribution in [0.4, 0.5) is 11.6 Å². The third-order valence-electron chi connectivity index (χ3n) is 5.71. The van der Waals surface area contributed by atoms with Gasteiger partial charge in [-0.25, -0.2) is 4.98 Å². The molecule has 1 N–H and O–H groups in total. The number of aromatic amines is 1. The first-order valence-corrected chi connectivity index (χ1v) is 10.5. The average Bonchev–Trinajstić information content (AvgIpc) is 2.80. The van der Waals surface area contributed by atoms with Crippen molar-refractivity contribution in [1.29, 1.82) is 0 Å². The number of piperazine rings is 1. The fraction of sp³-hybridized carbons (Fsp3) is 0.348. The van der Waals surface area contributed by atoms with Crippen LogP contribution in [-0.2, 0) is 0 Å². The van der Waals surface area contributed by atoms with Crippen LogP contribution in [0, 0.1) is 0 Å². The van der Waals surface area contributed by atoms with Crippen LogP contribution in [0.1, 0.15) is 24.2 Å². The van der Waals surface area contributed by atoms with Gasteiger partial charge >= 0.3 is 0 Å². The normalized spacial score (nSPS) is 14.2. The molecule has 7 nitrogen and oxygen atoms in total. The van der Waals surface area contributed by atoms with Crippen molar-refractivity contribution in [1.82, 2.24) is 14.9 Å². The van der Waals surface area contributed by atoms with E-state index in [0.29, 0.717) is 48.6 Å². The number of benzene rings is 2. The lowest BCUT2D eigenvalue weighted by molar-refractivity contribution is 0.0746. The second-order valence-electron chi connectivity index (χ2n) is 7.41. The number of hydrogen-bond acceptors (Lipinski definition) is 5. The molecular formula is C23H27N5O2. The van der Waals surface area contributed by atoms with Crippen LogP contribution in [0.25, 0.3) is 10.9 Å². The number of aromatic nitrogens is 2. The van der Waals surface area contributed by atoms with Crippen molar-refractivity contribution in [3.63, 3.8) is 0 Å². The lowest BCUT2D eigenvalue weighted by Crippen LogP contribution is -2.49. The molecule has 0 unspecified atom stereocenters. The fourth-order valence-electron chi connectivity index (χ4n) is 3.93. The van der Waals surface area contributed by atoms with Crippen molar-refractivity contribution in [3.8, 4) is 0 Å². The zero-order valence-electron chi connectivity index (χ0n) is 17.5. The zero-order valence-corrected chi connectivity index (χ0v) is 17.5. The molecule has 4 rings (SSSR count). The maximum absolute atomic E-state index is 12.9. The van der Waals surface area contributed by atoms with Crippen molar-refractivity contribution in [2.45, 2.75) is 13.8 Å². The third kappa shape index (κ3) is 3.87. The number of carbonyl (C=O) groups excluding carboxylic acids is 1. The van der Waals surface area contributed by atoms with E-state index in [2.05, 4.69) is 28.7 Å². The molecule has 2 heterocycles. The molecule has 0 bridgehead atoms. The molecule has 1 aliphatic heterocycles. The van der Waals surface area contributed by atoms with Gasteiger partial charge in [0, 0.05) is 50.5 Å². The van der Waals surface area contributed by atoms with Crippen molar-refractivity contribution >= 4 is 28.4 Å². The average molecular weight is 406 g/mol. The molecule has 3 aromatic rings. The van der Waals surface area contributed by atoms with Gasteiger partial charge in [0.1, 0.15) is 0 Å². The van der Waals surface area contributed by atoms with E-state index in [9.17, 15) is 9.59 Å². The molecule has 2 aromatic carbocycles. The molecule has 0 radical (unpaired) electrons. The zero-order chi connectivity index (χ0) is 21.1. The minimum Gasteiger partial charge on any atom is -0.372 e. The molecule has 1 amide bonds. The predicted molar refractivity (Wildman–Crippen MR) is 120 cm³/mol. The minimum absolute atomic E-state index is 0.0423. The van der Waals surface area contributed by atoms with E-state index in [-0.39, 0.29) is 11.5 Å².